The zero-order valence-electron chi connectivity index (χ0n) is 12.1. The van der Waals surface area contributed by atoms with Crippen molar-refractivity contribution in [2.45, 2.75) is 20.0 Å². The van der Waals surface area contributed by atoms with E-state index in [0.29, 0.717) is 0 Å². The van der Waals surface area contributed by atoms with Crippen LogP contribution in [0, 0.1) is 0 Å². The Morgan fingerprint density at radius 1 is 1.10 bits per heavy atom. The summed E-state index contributed by atoms with van der Waals surface area (Å²) < 4.78 is 1.13. The second-order valence-electron chi connectivity index (χ2n) is 4.80. The van der Waals surface area contributed by atoms with Crippen molar-refractivity contribution in [1.29, 1.82) is 0 Å². The average molecular weight is 333 g/mol. The van der Waals surface area contributed by atoms with E-state index >= 15 is 0 Å². The molecule has 0 spiro atoms. The smallest absolute Gasteiger partial charge is 0.0429 e. The number of nitrogens with one attached hydrogen (secondary N) is 1. The van der Waals surface area contributed by atoms with Gasteiger partial charge in [-0.05, 0) is 43.3 Å². The highest BCUT2D eigenvalue weighted by molar-refractivity contribution is 9.10. The molecule has 2 aromatic carbocycles. The predicted octanol–water partition coefficient (Wildman–Crippen LogP) is 4.20. The minimum absolute atomic E-state index is 0.875. The number of anilines is 1. The van der Waals surface area contributed by atoms with Crippen molar-refractivity contribution < 1.29 is 0 Å². The number of halogens is 1. The molecule has 0 amide bonds. The summed E-state index contributed by atoms with van der Waals surface area (Å²) in [4.78, 5) is 2.41. The van der Waals surface area contributed by atoms with Crippen LogP contribution < -0.4 is 10.2 Å². The van der Waals surface area contributed by atoms with Gasteiger partial charge in [-0.2, -0.15) is 0 Å². The van der Waals surface area contributed by atoms with Crippen molar-refractivity contribution in [2.75, 3.05) is 18.5 Å². The lowest BCUT2D eigenvalue weighted by atomic mass is 10.1. The molecule has 2 rings (SSSR count). The van der Waals surface area contributed by atoms with Gasteiger partial charge in [0, 0.05) is 29.8 Å². The first kappa shape index (κ1) is 15.1. The molecule has 20 heavy (non-hydrogen) atoms. The Balaban J connectivity index is 2.27. The Morgan fingerprint density at radius 3 is 2.50 bits per heavy atom. The van der Waals surface area contributed by atoms with Crippen molar-refractivity contribution in [3.8, 4) is 0 Å². The first-order chi connectivity index (χ1) is 9.74. The standard InChI is InChI=1S/C17H21BrN2/c1-3-20(13-14-7-5-4-6-8-14)17-10-9-16(18)11-15(17)12-19-2/h4-11,19H,3,12-13H2,1-2H3. The van der Waals surface area contributed by atoms with E-state index < -0.39 is 0 Å². The second-order valence-corrected chi connectivity index (χ2v) is 5.72. The fourth-order valence-electron chi connectivity index (χ4n) is 2.37. The summed E-state index contributed by atoms with van der Waals surface area (Å²) in [7, 11) is 1.98. The highest BCUT2D eigenvalue weighted by Gasteiger charge is 2.10. The highest BCUT2D eigenvalue weighted by Crippen LogP contribution is 2.26. The van der Waals surface area contributed by atoms with Gasteiger partial charge in [-0.3, -0.25) is 0 Å². The van der Waals surface area contributed by atoms with Crippen molar-refractivity contribution in [1.82, 2.24) is 5.32 Å². The Hall–Kier alpha value is -1.32. The van der Waals surface area contributed by atoms with E-state index in [9.17, 15) is 0 Å². The maximum Gasteiger partial charge on any atom is 0.0429 e. The van der Waals surface area contributed by atoms with Gasteiger partial charge in [-0.1, -0.05) is 46.3 Å². The summed E-state index contributed by atoms with van der Waals surface area (Å²) in [5.74, 6) is 0. The van der Waals surface area contributed by atoms with Crippen LogP contribution in [0.1, 0.15) is 18.1 Å². The van der Waals surface area contributed by atoms with Crippen molar-refractivity contribution in [3.63, 3.8) is 0 Å². The highest BCUT2D eigenvalue weighted by atomic mass is 79.9. The predicted molar refractivity (Wildman–Crippen MR) is 90.1 cm³/mol. The number of nitrogens with zero attached hydrogens (tertiary/aromatic N) is 1. The van der Waals surface area contributed by atoms with Gasteiger partial charge >= 0.3 is 0 Å². The average Bonchev–Trinajstić information content (AvgIpc) is 2.47. The van der Waals surface area contributed by atoms with Gasteiger partial charge in [0.1, 0.15) is 0 Å². The Kier molecular flexibility index (Phi) is 5.62. The molecule has 2 nitrogen and oxygen atoms in total. The molecule has 0 aliphatic rings. The molecular formula is C17H21BrN2. The molecule has 0 fully saturated rings. The molecule has 0 aromatic heterocycles. The Morgan fingerprint density at radius 2 is 1.85 bits per heavy atom. The van der Waals surface area contributed by atoms with Gasteiger partial charge in [-0.25, -0.2) is 0 Å². The third kappa shape index (κ3) is 3.84. The van der Waals surface area contributed by atoms with Crippen molar-refractivity contribution in [3.05, 3.63) is 64.1 Å². The lowest BCUT2D eigenvalue weighted by Crippen LogP contribution is -2.24. The van der Waals surface area contributed by atoms with E-state index in [1.807, 2.05) is 7.05 Å². The van der Waals surface area contributed by atoms with Gasteiger partial charge in [0.2, 0.25) is 0 Å². The maximum absolute atomic E-state index is 3.56. The minimum atomic E-state index is 0.875. The molecule has 0 aliphatic carbocycles. The lowest BCUT2D eigenvalue weighted by molar-refractivity contribution is 0.784. The molecule has 0 bridgehead atoms. The van der Waals surface area contributed by atoms with Crippen LogP contribution in [0.25, 0.3) is 0 Å². The Labute approximate surface area is 129 Å². The summed E-state index contributed by atoms with van der Waals surface area (Å²) in [6.07, 6.45) is 0. The summed E-state index contributed by atoms with van der Waals surface area (Å²) in [5.41, 5.74) is 3.96. The van der Waals surface area contributed by atoms with Gasteiger partial charge in [-0.15, -0.1) is 0 Å². The quantitative estimate of drug-likeness (QED) is 0.852. The largest absolute Gasteiger partial charge is 0.367 e. The van der Waals surface area contributed by atoms with E-state index in [0.717, 1.165) is 24.1 Å². The summed E-state index contributed by atoms with van der Waals surface area (Å²) in [5, 5.41) is 3.25. The van der Waals surface area contributed by atoms with Gasteiger partial charge < -0.3 is 10.2 Å². The van der Waals surface area contributed by atoms with Gasteiger partial charge in [0.15, 0.2) is 0 Å². The molecule has 0 aliphatic heterocycles. The van der Waals surface area contributed by atoms with E-state index in [1.165, 1.54) is 16.8 Å². The number of hydrogen-bond donors (Lipinski definition) is 1. The molecule has 2 aromatic rings. The fourth-order valence-corrected chi connectivity index (χ4v) is 2.77. The number of rotatable bonds is 6. The molecule has 3 heteroatoms. The first-order valence-electron chi connectivity index (χ1n) is 6.96. The SMILES string of the molecule is CCN(Cc1ccccc1)c1ccc(Br)cc1CNC. The van der Waals surface area contributed by atoms with Crippen LogP contribution in [0.2, 0.25) is 0 Å². The third-order valence-electron chi connectivity index (χ3n) is 3.35. The molecule has 0 unspecified atom stereocenters. The fraction of sp³-hybridized carbons (Fsp3) is 0.294. The Bertz CT molecular complexity index is 540. The van der Waals surface area contributed by atoms with Crippen molar-refractivity contribution in [2.24, 2.45) is 0 Å². The normalized spacial score (nSPS) is 10.6. The van der Waals surface area contributed by atoms with E-state index in [4.69, 9.17) is 0 Å². The molecule has 0 saturated carbocycles. The monoisotopic (exact) mass is 332 g/mol. The van der Waals surface area contributed by atoms with Crippen LogP contribution in [0.15, 0.2) is 53.0 Å². The zero-order chi connectivity index (χ0) is 14.4. The molecule has 1 N–H and O–H groups in total. The summed E-state index contributed by atoms with van der Waals surface area (Å²) in [6, 6.07) is 17.1. The molecule has 106 valence electrons. The zero-order valence-corrected chi connectivity index (χ0v) is 13.7. The first-order valence-corrected chi connectivity index (χ1v) is 7.75. The molecule has 0 atom stereocenters. The molecule has 0 heterocycles. The topological polar surface area (TPSA) is 15.3 Å². The molecular weight excluding hydrogens is 312 g/mol. The summed E-state index contributed by atoms with van der Waals surface area (Å²) >= 11 is 3.56. The van der Waals surface area contributed by atoms with E-state index in [1.54, 1.807) is 0 Å². The van der Waals surface area contributed by atoms with Gasteiger partial charge in [0.05, 0.1) is 0 Å². The maximum atomic E-state index is 3.56. The third-order valence-corrected chi connectivity index (χ3v) is 3.84. The minimum Gasteiger partial charge on any atom is -0.367 e. The van der Waals surface area contributed by atoms with Crippen LogP contribution in [0.4, 0.5) is 5.69 Å². The van der Waals surface area contributed by atoms with E-state index in [2.05, 4.69) is 81.6 Å². The van der Waals surface area contributed by atoms with Crippen LogP contribution in [0.3, 0.4) is 0 Å². The molecule has 0 saturated heterocycles. The number of hydrogen-bond acceptors (Lipinski definition) is 2. The van der Waals surface area contributed by atoms with Crippen LogP contribution in [-0.2, 0) is 13.1 Å². The van der Waals surface area contributed by atoms with Crippen molar-refractivity contribution >= 4 is 21.6 Å². The second kappa shape index (κ2) is 7.46. The van der Waals surface area contributed by atoms with Crippen LogP contribution in [-0.4, -0.2) is 13.6 Å². The summed E-state index contributed by atoms with van der Waals surface area (Å²) in [6.45, 7) is 5.01. The molecule has 0 radical (unpaired) electrons. The lowest BCUT2D eigenvalue weighted by Gasteiger charge is -2.26. The van der Waals surface area contributed by atoms with Crippen LogP contribution in [0.5, 0.6) is 0 Å². The van der Waals surface area contributed by atoms with Crippen LogP contribution >= 0.6 is 15.9 Å². The van der Waals surface area contributed by atoms with Gasteiger partial charge in [0.25, 0.3) is 0 Å². The number of benzene rings is 2. The van der Waals surface area contributed by atoms with E-state index in [-0.39, 0.29) is 0 Å².